The summed E-state index contributed by atoms with van der Waals surface area (Å²) in [5, 5.41) is 4.23. The van der Waals surface area contributed by atoms with Crippen molar-refractivity contribution in [2.75, 3.05) is 0 Å². The number of halogens is 2. The maximum atomic E-state index is 10.9. The van der Waals surface area contributed by atoms with Crippen molar-refractivity contribution in [3.8, 4) is 0 Å². The molecule has 0 aliphatic carbocycles. The third-order valence-corrected chi connectivity index (χ3v) is 6.32. The molecule has 4 aromatic carbocycles. The van der Waals surface area contributed by atoms with Crippen LogP contribution in [0.15, 0.2) is 84.9 Å². The SMILES string of the molecule is O=S(=O)(Cl)Cc1ccc2ccccc2c1.O=S(=O)(Cl)Cc1ccc2ccccc2c1. The molecule has 0 aromatic heterocycles. The lowest BCUT2D eigenvalue weighted by Crippen LogP contribution is -1.94. The van der Waals surface area contributed by atoms with E-state index in [2.05, 4.69) is 0 Å². The van der Waals surface area contributed by atoms with Crippen molar-refractivity contribution in [1.29, 1.82) is 0 Å². The molecule has 0 fully saturated rings. The zero-order valence-electron chi connectivity index (χ0n) is 15.7. The Balaban J connectivity index is 0.000000171. The van der Waals surface area contributed by atoms with E-state index in [4.69, 9.17) is 21.4 Å². The molecule has 0 aliphatic rings. The Morgan fingerprint density at radius 1 is 0.500 bits per heavy atom. The number of benzene rings is 4. The van der Waals surface area contributed by atoms with Crippen molar-refractivity contribution in [3.05, 3.63) is 96.1 Å². The van der Waals surface area contributed by atoms with Crippen molar-refractivity contribution in [3.63, 3.8) is 0 Å². The lowest BCUT2D eigenvalue weighted by Gasteiger charge is -2.01. The summed E-state index contributed by atoms with van der Waals surface area (Å²) in [6.07, 6.45) is 0. The van der Waals surface area contributed by atoms with E-state index in [1.54, 1.807) is 12.1 Å². The van der Waals surface area contributed by atoms with Crippen molar-refractivity contribution >= 4 is 61.0 Å². The highest BCUT2D eigenvalue weighted by atomic mass is 35.7. The van der Waals surface area contributed by atoms with E-state index in [0.717, 1.165) is 21.5 Å². The van der Waals surface area contributed by atoms with Gasteiger partial charge in [0.25, 0.3) is 0 Å². The van der Waals surface area contributed by atoms with Crippen molar-refractivity contribution in [1.82, 2.24) is 0 Å². The predicted molar refractivity (Wildman–Crippen MR) is 125 cm³/mol. The monoisotopic (exact) mass is 480 g/mol. The highest BCUT2D eigenvalue weighted by Crippen LogP contribution is 2.19. The van der Waals surface area contributed by atoms with Crippen LogP contribution in [-0.4, -0.2) is 16.8 Å². The lowest BCUT2D eigenvalue weighted by molar-refractivity contribution is 0.607. The molecule has 0 saturated heterocycles. The summed E-state index contributed by atoms with van der Waals surface area (Å²) in [7, 11) is 3.43. The Labute approximate surface area is 184 Å². The van der Waals surface area contributed by atoms with Gasteiger partial charge >= 0.3 is 0 Å². The lowest BCUT2D eigenvalue weighted by atomic mass is 10.1. The van der Waals surface area contributed by atoms with E-state index in [1.165, 1.54) is 0 Å². The zero-order chi connectivity index (χ0) is 21.8. The van der Waals surface area contributed by atoms with Gasteiger partial charge in [0.05, 0.1) is 11.5 Å². The van der Waals surface area contributed by atoms with Gasteiger partial charge in [-0.05, 0) is 32.7 Å². The zero-order valence-corrected chi connectivity index (χ0v) is 18.8. The standard InChI is InChI=1S/2C11H9ClO2S/c2*12-15(13,14)8-9-5-6-10-3-1-2-4-11(10)7-9/h2*1-7H,8H2. The van der Waals surface area contributed by atoms with Crippen molar-refractivity contribution in [2.45, 2.75) is 11.5 Å². The number of rotatable bonds is 4. The minimum atomic E-state index is -3.47. The minimum Gasteiger partial charge on any atom is -0.212 e. The third-order valence-electron chi connectivity index (χ3n) is 4.31. The van der Waals surface area contributed by atoms with Gasteiger partial charge < -0.3 is 0 Å². The van der Waals surface area contributed by atoms with E-state index >= 15 is 0 Å². The van der Waals surface area contributed by atoms with E-state index in [-0.39, 0.29) is 11.5 Å². The quantitative estimate of drug-likeness (QED) is 0.345. The van der Waals surface area contributed by atoms with Gasteiger partial charge in [-0.25, -0.2) is 16.8 Å². The summed E-state index contributed by atoms with van der Waals surface area (Å²) >= 11 is 0. The Bertz CT molecular complexity index is 1290. The Hall–Kier alpha value is -2.12. The van der Waals surface area contributed by atoms with Crippen LogP contribution in [-0.2, 0) is 29.6 Å². The van der Waals surface area contributed by atoms with Gasteiger partial charge in [-0.2, -0.15) is 0 Å². The molecule has 8 heteroatoms. The average Bonchev–Trinajstić information content (AvgIpc) is 2.66. The van der Waals surface area contributed by atoms with Crippen LogP contribution in [0.3, 0.4) is 0 Å². The average molecular weight is 481 g/mol. The molecule has 156 valence electrons. The van der Waals surface area contributed by atoms with Crippen LogP contribution in [0, 0.1) is 0 Å². The summed E-state index contributed by atoms with van der Waals surface area (Å²) in [6, 6.07) is 26.6. The molecule has 0 atom stereocenters. The maximum absolute atomic E-state index is 10.9. The minimum absolute atomic E-state index is 0.126. The largest absolute Gasteiger partial charge is 0.236 e. The van der Waals surface area contributed by atoms with E-state index in [9.17, 15) is 16.8 Å². The fraction of sp³-hybridized carbons (Fsp3) is 0.0909. The molecule has 0 unspecified atom stereocenters. The van der Waals surface area contributed by atoms with Crippen LogP contribution < -0.4 is 0 Å². The molecular weight excluding hydrogens is 463 g/mol. The fourth-order valence-electron chi connectivity index (χ4n) is 3.06. The van der Waals surface area contributed by atoms with Crippen LogP contribution in [0.25, 0.3) is 21.5 Å². The molecular formula is C22H18Cl2O4S2. The second-order valence-electron chi connectivity index (χ2n) is 6.73. The van der Waals surface area contributed by atoms with E-state index in [0.29, 0.717) is 11.1 Å². The molecule has 4 rings (SSSR count). The van der Waals surface area contributed by atoms with Crippen LogP contribution in [0.5, 0.6) is 0 Å². The molecule has 0 spiro atoms. The molecule has 0 N–H and O–H groups in total. The predicted octanol–water partition coefficient (Wildman–Crippen LogP) is 5.82. The molecule has 0 radical (unpaired) electrons. The van der Waals surface area contributed by atoms with Gasteiger partial charge in [0.15, 0.2) is 0 Å². The maximum Gasteiger partial charge on any atom is 0.236 e. The topological polar surface area (TPSA) is 68.3 Å². The number of fused-ring (bicyclic) bond motifs is 2. The first kappa shape index (κ1) is 22.6. The highest BCUT2D eigenvalue weighted by molar-refractivity contribution is 8.13. The van der Waals surface area contributed by atoms with Crippen LogP contribution >= 0.6 is 21.4 Å². The summed E-state index contributed by atoms with van der Waals surface area (Å²) in [4.78, 5) is 0. The Kier molecular flexibility index (Phi) is 7.03. The first-order valence-electron chi connectivity index (χ1n) is 8.89. The molecule has 4 aromatic rings. The molecule has 0 aliphatic heterocycles. The van der Waals surface area contributed by atoms with Crippen molar-refractivity contribution in [2.24, 2.45) is 0 Å². The number of hydrogen-bond acceptors (Lipinski definition) is 4. The van der Waals surface area contributed by atoms with Crippen molar-refractivity contribution < 1.29 is 16.8 Å². The molecule has 30 heavy (non-hydrogen) atoms. The van der Waals surface area contributed by atoms with E-state index in [1.807, 2.05) is 72.8 Å². The van der Waals surface area contributed by atoms with Crippen LogP contribution in [0.2, 0.25) is 0 Å². The second kappa shape index (κ2) is 9.35. The van der Waals surface area contributed by atoms with Gasteiger partial charge in [0.1, 0.15) is 0 Å². The van der Waals surface area contributed by atoms with Crippen LogP contribution in [0.4, 0.5) is 0 Å². The third kappa shape index (κ3) is 6.99. The van der Waals surface area contributed by atoms with Gasteiger partial charge in [-0.15, -0.1) is 0 Å². The smallest absolute Gasteiger partial charge is 0.212 e. The number of hydrogen-bond donors (Lipinski definition) is 0. The molecule has 0 heterocycles. The Morgan fingerprint density at radius 3 is 1.17 bits per heavy atom. The molecule has 0 saturated carbocycles. The summed E-state index contributed by atoms with van der Waals surface area (Å²) < 4.78 is 43.6. The highest BCUT2D eigenvalue weighted by Gasteiger charge is 2.08. The van der Waals surface area contributed by atoms with Gasteiger partial charge in [0, 0.05) is 21.4 Å². The molecule has 0 bridgehead atoms. The van der Waals surface area contributed by atoms with Gasteiger partial charge in [0.2, 0.25) is 18.1 Å². The first-order valence-corrected chi connectivity index (χ1v) is 13.8. The summed E-state index contributed by atoms with van der Waals surface area (Å²) in [6.45, 7) is 0. The normalized spacial score (nSPS) is 11.8. The molecule has 4 nitrogen and oxygen atoms in total. The van der Waals surface area contributed by atoms with Crippen LogP contribution in [0.1, 0.15) is 11.1 Å². The fourth-order valence-corrected chi connectivity index (χ4v) is 4.97. The Morgan fingerprint density at radius 2 is 0.833 bits per heavy atom. The van der Waals surface area contributed by atoms with Gasteiger partial charge in [-0.3, -0.25) is 0 Å². The van der Waals surface area contributed by atoms with Gasteiger partial charge in [-0.1, -0.05) is 84.9 Å². The van der Waals surface area contributed by atoms with E-state index < -0.39 is 18.1 Å². The summed E-state index contributed by atoms with van der Waals surface area (Å²) in [5.74, 6) is -0.251. The summed E-state index contributed by atoms with van der Waals surface area (Å²) in [5.41, 5.74) is 1.42. The second-order valence-corrected chi connectivity index (χ2v) is 12.3. The molecule has 0 amide bonds. The first-order chi connectivity index (χ1) is 14.1.